The number of nitrogens with one attached hydrogen (secondary N) is 2. The Morgan fingerprint density at radius 1 is 1.09 bits per heavy atom. The summed E-state index contributed by atoms with van der Waals surface area (Å²) in [6, 6.07) is 11.0. The predicted molar refractivity (Wildman–Crippen MR) is 134 cm³/mol. The second kappa shape index (κ2) is 11.1. The van der Waals surface area contributed by atoms with Gasteiger partial charge in [-0.25, -0.2) is 9.78 Å². The topological polar surface area (TPSA) is 102 Å². The van der Waals surface area contributed by atoms with E-state index in [1.165, 1.54) is 11.3 Å². The molecule has 1 aliphatic rings. The number of urea groups is 1. The van der Waals surface area contributed by atoms with E-state index in [0.717, 1.165) is 22.4 Å². The molecule has 0 aliphatic carbocycles. The van der Waals surface area contributed by atoms with Gasteiger partial charge < -0.3 is 29.7 Å². The van der Waals surface area contributed by atoms with Crippen LogP contribution in [0.3, 0.4) is 0 Å². The van der Waals surface area contributed by atoms with Crippen molar-refractivity contribution >= 4 is 28.4 Å². The minimum Gasteiger partial charge on any atom is -0.497 e. The maximum absolute atomic E-state index is 13.3. The van der Waals surface area contributed by atoms with Crippen molar-refractivity contribution in [1.29, 1.82) is 0 Å². The highest BCUT2D eigenvalue weighted by Crippen LogP contribution is 2.41. The third-order valence-electron chi connectivity index (χ3n) is 5.87. The van der Waals surface area contributed by atoms with Crippen molar-refractivity contribution in [2.75, 3.05) is 39.7 Å². The lowest BCUT2D eigenvalue weighted by Crippen LogP contribution is -2.46. The first kappa shape index (κ1) is 24.3. The molecule has 3 amide bonds. The van der Waals surface area contributed by atoms with Gasteiger partial charge in [0.2, 0.25) is 5.91 Å². The number of amides is 3. The lowest BCUT2D eigenvalue weighted by atomic mass is 9.87. The van der Waals surface area contributed by atoms with Crippen molar-refractivity contribution in [3.63, 3.8) is 0 Å². The molecular formula is C25H28N4O5S. The highest BCUT2D eigenvalue weighted by Gasteiger charge is 2.33. The van der Waals surface area contributed by atoms with E-state index >= 15 is 0 Å². The summed E-state index contributed by atoms with van der Waals surface area (Å²) in [5, 5.41) is 7.95. The molecular weight excluding hydrogens is 468 g/mol. The largest absolute Gasteiger partial charge is 0.497 e. The zero-order chi connectivity index (χ0) is 24.8. The lowest BCUT2D eigenvalue weighted by Gasteiger charge is -2.38. The summed E-state index contributed by atoms with van der Waals surface area (Å²) in [6.45, 7) is 0.719. The molecule has 2 aromatic carbocycles. The number of carbonyl (C=O) groups is 2. The average molecular weight is 497 g/mol. The van der Waals surface area contributed by atoms with E-state index in [0.29, 0.717) is 29.6 Å². The molecule has 10 heteroatoms. The van der Waals surface area contributed by atoms with Gasteiger partial charge >= 0.3 is 6.03 Å². The number of anilines is 1. The fourth-order valence-corrected chi connectivity index (χ4v) is 4.71. The van der Waals surface area contributed by atoms with Gasteiger partial charge in [-0.1, -0.05) is 12.1 Å². The molecule has 35 heavy (non-hydrogen) atoms. The second-order valence-corrected chi connectivity index (χ2v) is 8.79. The molecule has 0 bridgehead atoms. The van der Waals surface area contributed by atoms with Crippen molar-refractivity contribution in [2.24, 2.45) is 0 Å². The van der Waals surface area contributed by atoms with Gasteiger partial charge in [0.1, 0.15) is 5.75 Å². The molecule has 184 valence electrons. The van der Waals surface area contributed by atoms with Gasteiger partial charge in [0.15, 0.2) is 16.6 Å². The fourth-order valence-electron chi connectivity index (χ4n) is 4.16. The molecule has 0 saturated carbocycles. The van der Waals surface area contributed by atoms with Crippen LogP contribution in [-0.2, 0) is 11.2 Å². The Morgan fingerprint density at radius 2 is 1.83 bits per heavy atom. The van der Waals surface area contributed by atoms with Crippen LogP contribution in [0, 0.1) is 0 Å². The van der Waals surface area contributed by atoms with Crippen LogP contribution in [0.4, 0.5) is 9.93 Å². The zero-order valence-corrected chi connectivity index (χ0v) is 20.7. The van der Waals surface area contributed by atoms with Crippen molar-refractivity contribution in [3.05, 3.63) is 64.7 Å². The molecule has 1 unspecified atom stereocenters. The zero-order valence-electron chi connectivity index (χ0n) is 19.9. The van der Waals surface area contributed by atoms with Gasteiger partial charge in [-0.05, 0) is 47.4 Å². The van der Waals surface area contributed by atoms with E-state index in [1.807, 2.05) is 36.4 Å². The summed E-state index contributed by atoms with van der Waals surface area (Å²) in [7, 11) is 4.82. The molecule has 1 atom stereocenters. The second-order valence-electron chi connectivity index (χ2n) is 7.89. The monoisotopic (exact) mass is 496 g/mol. The number of aromatic nitrogens is 1. The van der Waals surface area contributed by atoms with Crippen LogP contribution in [0.5, 0.6) is 17.2 Å². The molecule has 1 aliphatic heterocycles. The van der Waals surface area contributed by atoms with Crippen LogP contribution >= 0.6 is 11.3 Å². The Hall–Kier alpha value is -3.79. The maximum Gasteiger partial charge on any atom is 0.318 e. The molecule has 2 heterocycles. The number of fused-ring (bicyclic) bond motifs is 1. The summed E-state index contributed by atoms with van der Waals surface area (Å²) in [5.41, 5.74) is 3.00. The van der Waals surface area contributed by atoms with Gasteiger partial charge in [0.05, 0.1) is 27.4 Å². The number of hydrogen-bond acceptors (Lipinski definition) is 7. The van der Waals surface area contributed by atoms with Crippen LogP contribution < -0.4 is 24.8 Å². The van der Waals surface area contributed by atoms with Crippen molar-refractivity contribution in [2.45, 2.75) is 18.9 Å². The van der Waals surface area contributed by atoms with Crippen LogP contribution in [0.15, 0.2) is 48.0 Å². The molecule has 1 aromatic heterocycles. The van der Waals surface area contributed by atoms with Crippen LogP contribution in [0.2, 0.25) is 0 Å². The maximum atomic E-state index is 13.3. The summed E-state index contributed by atoms with van der Waals surface area (Å²) in [6.07, 6.45) is 2.44. The number of ether oxygens (including phenoxy) is 3. The van der Waals surface area contributed by atoms with Crippen molar-refractivity contribution < 1.29 is 23.8 Å². The number of hydrogen-bond donors (Lipinski definition) is 2. The molecule has 0 spiro atoms. The molecule has 9 nitrogen and oxygen atoms in total. The quantitative estimate of drug-likeness (QED) is 0.491. The molecule has 2 N–H and O–H groups in total. The third kappa shape index (κ3) is 5.48. The highest BCUT2D eigenvalue weighted by molar-refractivity contribution is 7.13. The van der Waals surface area contributed by atoms with Crippen LogP contribution in [0.1, 0.15) is 29.2 Å². The number of benzene rings is 2. The van der Waals surface area contributed by atoms with E-state index in [1.54, 1.807) is 37.8 Å². The Kier molecular flexibility index (Phi) is 7.71. The highest BCUT2D eigenvalue weighted by atomic mass is 32.1. The summed E-state index contributed by atoms with van der Waals surface area (Å²) in [5.74, 6) is 1.79. The SMILES string of the molecule is COc1ccc(C2c3cc(OC)c(OC)cc3CCN2C(=O)NCCC(=O)Nc2nccs2)cc1. The first-order chi connectivity index (χ1) is 17.0. The van der Waals surface area contributed by atoms with Crippen molar-refractivity contribution in [3.8, 4) is 17.2 Å². The first-order valence-corrected chi connectivity index (χ1v) is 12.0. The smallest absolute Gasteiger partial charge is 0.318 e. The number of thiazole rings is 1. The van der Waals surface area contributed by atoms with Gasteiger partial charge in [-0.3, -0.25) is 4.79 Å². The summed E-state index contributed by atoms with van der Waals surface area (Å²) >= 11 is 1.35. The van der Waals surface area contributed by atoms with E-state index < -0.39 is 0 Å². The fraction of sp³-hybridized carbons (Fsp3) is 0.320. The summed E-state index contributed by atoms with van der Waals surface area (Å²) < 4.78 is 16.3. The minimum atomic E-state index is -0.339. The van der Waals surface area contributed by atoms with Crippen molar-refractivity contribution in [1.82, 2.24) is 15.2 Å². The van der Waals surface area contributed by atoms with Crippen LogP contribution in [-0.4, -0.2) is 56.2 Å². The molecule has 0 radical (unpaired) electrons. The summed E-state index contributed by atoms with van der Waals surface area (Å²) in [4.78, 5) is 31.3. The molecule has 0 fully saturated rings. The average Bonchev–Trinajstić information content (AvgIpc) is 3.40. The number of methoxy groups -OCH3 is 3. The Balaban J connectivity index is 1.55. The van der Waals surface area contributed by atoms with E-state index in [4.69, 9.17) is 14.2 Å². The van der Waals surface area contributed by atoms with E-state index in [-0.39, 0.29) is 30.9 Å². The third-order valence-corrected chi connectivity index (χ3v) is 6.56. The van der Waals surface area contributed by atoms with Gasteiger partial charge in [0.25, 0.3) is 0 Å². The Bertz CT molecular complexity index is 1170. The molecule has 0 saturated heterocycles. The number of rotatable bonds is 8. The molecule has 4 rings (SSSR count). The number of carbonyl (C=O) groups excluding carboxylic acids is 2. The lowest BCUT2D eigenvalue weighted by molar-refractivity contribution is -0.116. The first-order valence-electron chi connectivity index (χ1n) is 11.2. The van der Waals surface area contributed by atoms with E-state index in [2.05, 4.69) is 15.6 Å². The van der Waals surface area contributed by atoms with Crippen LogP contribution in [0.25, 0.3) is 0 Å². The van der Waals surface area contributed by atoms with Gasteiger partial charge in [0, 0.05) is 31.1 Å². The standard InChI is InChI=1S/C25H28N4O5S/c1-32-18-6-4-16(5-7-18)23-19-15-21(34-3)20(33-2)14-17(19)9-12-29(23)25(31)27-10-8-22(30)28-24-26-11-13-35-24/h4-7,11,13-15,23H,8-10,12H2,1-3H3,(H,27,31)(H,26,28,30). The Labute approximate surface area is 208 Å². The Morgan fingerprint density at radius 3 is 2.49 bits per heavy atom. The number of nitrogens with zero attached hydrogens (tertiary/aromatic N) is 2. The minimum absolute atomic E-state index is 0.147. The normalized spacial score (nSPS) is 14.6. The van der Waals surface area contributed by atoms with Gasteiger partial charge in [-0.2, -0.15) is 0 Å². The van der Waals surface area contributed by atoms with Gasteiger partial charge in [-0.15, -0.1) is 11.3 Å². The van der Waals surface area contributed by atoms with E-state index in [9.17, 15) is 9.59 Å². The predicted octanol–water partition coefficient (Wildman–Crippen LogP) is 3.85. The molecule has 3 aromatic rings.